The molecule has 1 N–H and O–H groups in total. The number of aromatic nitrogens is 1. The maximum Gasteiger partial charge on any atom is 0.230 e. The molecule has 2 aromatic carbocycles. The van der Waals surface area contributed by atoms with Gasteiger partial charge >= 0.3 is 0 Å². The lowest BCUT2D eigenvalue weighted by Gasteiger charge is -2.06. The summed E-state index contributed by atoms with van der Waals surface area (Å²) < 4.78 is 24.0. The summed E-state index contributed by atoms with van der Waals surface area (Å²) in [6, 6.07) is 12.0. The van der Waals surface area contributed by atoms with Crippen LogP contribution in [-0.2, 0) is 14.6 Å². The molecule has 1 atom stereocenters. The zero-order valence-corrected chi connectivity index (χ0v) is 13.8. The van der Waals surface area contributed by atoms with Crippen LogP contribution in [0.4, 0.5) is 5.13 Å². The van der Waals surface area contributed by atoms with Gasteiger partial charge in [0.15, 0.2) is 15.0 Å². The van der Waals surface area contributed by atoms with Gasteiger partial charge in [0, 0.05) is 5.39 Å². The number of sulfone groups is 1. The van der Waals surface area contributed by atoms with Crippen molar-refractivity contribution in [3.63, 3.8) is 0 Å². The molecule has 0 spiro atoms. The summed E-state index contributed by atoms with van der Waals surface area (Å²) >= 11 is 1.41. The smallest absolute Gasteiger partial charge is 0.230 e. The number of amides is 1. The Morgan fingerprint density at radius 3 is 2.83 bits per heavy atom. The van der Waals surface area contributed by atoms with Crippen molar-refractivity contribution < 1.29 is 13.2 Å². The average Bonchev–Trinajstić information content (AvgIpc) is 3.10. The topological polar surface area (TPSA) is 76.1 Å². The molecule has 1 unspecified atom stereocenters. The van der Waals surface area contributed by atoms with Crippen molar-refractivity contribution in [3.05, 3.63) is 36.4 Å². The minimum Gasteiger partial charge on any atom is -0.302 e. The van der Waals surface area contributed by atoms with Gasteiger partial charge in [0.1, 0.15) is 0 Å². The van der Waals surface area contributed by atoms with Gasteiger partial charge in [0.25, 0.3) is 0 Å². The second kappa shape index (κ2) is 5.28. The zero-order valence-electron chi connectivity index (χ0n) is 12.2. The van der Waals surface area contributed by atoms with Crippen molar-refractivity contribution in [3.8, 4) is 0 Å². The monoisotopic (exact) mass is 346 g/mol. The molecule has 4 rings (SSSR count). The van der Waals surface area contributed by atoms with Crippen LogP contribution in [0.2, 0.25) is 0 Å². The summed E-state index contributed by atoms with van der Waals surface area (Å²) in [5.41, 5.74) is 0.863. The quantitative estimate of drug-likeness (QED) is 0.774. The van der Waals surface area contributed by atoms with Gasteiger partial charge in [-0.1, -0.05) is 41.7 Å². The van der Waals surface area contributed by atoms with Crippen LogP contribution in [0.5, 0.6) is 0 Å². The Labute approximate surface area is 137 Å². The lowest BCUT2D eigenvalue weighted by Crippen LogP contribution is -2.23. The molecule has 1 aliphatic rings. The number of hydrogen-bond donors (Lipinski definition) is 1. The van der Waals surface area contributed by atoms with E-state index in [1.807, 2.05) is 36.4 Å². The molecule has 0 radical (unpaired) electrons. The Bertz CT molecular complexity index is 1020. The minimum absolute atomic E-state index is 0.0628. The first-order valence-corrected chi connectivity index (χ1v) is 9.95. The van der Waals surface area contributed by atoms with Gasteiger partial charge in [-0.2, -0.15) is 0 Å². The SMILES string of the molecule is O=C(Nc1nc2c(ccc3ccccc32)s1)C1CCS(=O)(=O)C1. The van der Waals surface area contributed by atoms with E-state index < -0.39 is 15.8 Å². The summed E-state index contributed by atoms with van der Waals surface area (Å²) in [4.78, 5) is 16.8. The molecule has 23 heavy (non-hydrogen) atoms. The Balaban J connectivity index is 1.65. The highest BCUT2D eigenvalue weighted by atomic mass is 32.2. The van der Waals surface area contributed by atoms with Crippen LogP contribution in [0, 0.1) is 5.92 Å². The van der Waals surface area contributed by atoms with Gasteiger partial charge in [-0.25, -0.2) is 13.4 Å². The fourth-order valence-electron chi connectivity index (χ4n) is 2.92. The van der Waals surface area contributed by atoms with Crippen LogP contribution in [0.3, 0.4) is 0 Å². The number of nitrogens with one attached hydrogen (secondary N) is 1. The number of nitrogens with zero attached hydrogens (tertiary/aromatic N) is 1. The Hall–Kier alpha value is -1.99. The van der Waals surface area contributed by atoms with E-state index in [9.17, 15) is 13.2 Å². The normalized spacial score (nSPS) is 20.1. The zero-order chi connectivity index (χ0) is 16.0. The third-order valence-electron chi connectivity index (χ3n) is 4.12. The van der Waals surface area contributed by atoms with Crippen molar-refractivity contribution >= 4 is 53.2 Å². The van der Waals surface area contributed by atoms with Gasteiger partial charge in [-0.05, 0) is 17.9 Å². The molecule has 1 saturated heterocycles. The van der Waals surface area contributed by atoms with Crippen LogP contribution in [0.1, 0.15) is 6.42 Å². The first-order chi connectivity index (χ1) is 11.0. The van der Waals surface area contributed by atoms with E-state index in [0.29, 0.717) is 11.6 Å². The Morgan fingerprint density at radius 2 is 2.04 bits per heavy atom. The highest BCUT2D eigenvalue weighted by Crippen LogP contribution is 2.32. The molecule has 118 valence electrons. The van der Waals surface area contributed by atoms with Crippen LogP contribution >= 0.6 is 11.3 Å². The fourth-order valence-corrected chi connectivity index (χ4v) is 5.55. The maximum absolute atomic E-state index is 12.2. The summed E-state index contributed by atoms with van der Waals surface area (Å²) in [7, 11) is -3.06. The highest BCUT2D eigenvalue weighted by Gasteiger charge is 2.33. The Kier molecular flexibility index (Phi) is 3.35. The third kappa shape index (κ3) is 2.70. The first-order valence-electron chi connectivity index (χ1n) is 7.31. The molecule has 1 amide bonds. The first kappa shape index (κ1) is 14.6. The molecule has 0 saturated carbocycles. The van der Waals surface area contributed by atoms with Gasteiger partial charge in [0.05, 0.1) is 27.6 Å². The number of thiazole rings is 1. The molecular weight excluding hydrogens is 332 g/mol. The number of anilines is 1. The van der Waals surface area contributed by atoms with Gasteiger partial charge in [-0.3, -0.25) is 4.79 Å². The van der Waals surface area contributed by atoms with E-state index in [1.165, 1.54) is 11.3 Å². The lowest BCUT2D eigenvalue weighted by molar-refractivity contribution is -0.119. The average molecular weight is 346 g/mol. The molecular formula is C16H14N2O3S2. The molecule has 2 heterocycles. The van der Waals surface area contributed by atoms with Crippen LogP contribution in [-0.4, -0.2) is 30.8 Å². The van der Waals surface area contributed by atoms with E-state index in [1.54, 1.807) is 0 Å². The van der Waals surface area contributed by atoms with Crippen molar-refractivity contribution in [1.82, 2.24) is 4.98 Å². The van der Waals surface area contributed by atoms with Gasteiger partial charge < -0.3 is 5.32 Å². The molecule has 0 aliphatic carbocycles. The van der Waals surface area contributed by atoms with E-state index in [0.717, 1.165) is 21.0 Å². The molecule has 1 fully saturated rings. The van der Waals surface area contributed by atoms with E-state index >= 15 is 0 Å². The minimum atomic E-state index is -3.06. The summed E-state index contributed by atoms with van der Waals surface area (Å²) in [5, 5.41) is 5.45. The number of benzene rings is 2. The Morgan fingerprint density at radius 1 is 1.22 bits per heavy atom. The maximum atomic E-state index is 12.2. The second-order valence-electron chi connectivity index (χ2n) is 5.74. The van der Waals surface area contributed by atoms with Crippen LogP contribution < -0.4 is 5.32 Å². The van der Waals surface area contributed by atoms with E-state index in [-0.39, 0.29) is 17.4 Å². The van der Waals surface area contributed by atoms with Crippen molar-refractivity contribution in [1.29, 1.82) is 0 Å². The standard InChI is InChI=1S/C16H14N2O3S2/c19-15(11-7-8-23(20,21)9-11)18-16-17-14-12-4-2-1-3-10(12)5-6-13(14)22-16/h1-6,11H,7-9H2,(H,17,18,19). The molecule has 0 bridgehead atoms. The summed E-state index contributed by atoms with van der Waals surface area (Å²) in [5.74, 6) is -0.694. The van der Waals surface area contributed by atoms with Crippen molar-refractivity contribution in [2.45, 2.75) is 6.42 Å². The van der Waals surface area contributed by atoms with Gasteiger partial charge in [0.2, 0.25) is 5.91 Å². The van der Waals surface area contributed by atoms with Crippen LogP contribution in [0.15, 0.2) is 36.4 Å². The fraction of sp³-hybridized carbons (Fsp3) is 0.250. The van der Waals surface area contributed by atoms with Crippen molar-refractivity contribution in [2.75, 3.05) is 16.8 Å². The summed E-state index contributed by atoms with van der Waals surface area (Å²) in [6.45, 7) is 0. The molecule has 1 aliphatic heterocycles. The summed E-state index contributed by atoms with van der Waals surface area (Å²) in [6.07, 6.45) is 0.391. The number of carbonyl (C=O) groups is 1. The van der Waals surface area contributed by atoms with E-state index in [2.05, 4.69) is 10.3 Å². The predicted molar refractivity (Wildman–Crippen MR) is 92.5 cm³/mol. The number of fused-ring (bicyclic) bond motifs is 3. The van der Waals surface area contributed by atoms with Crippen molar-refractivity contribution in [2.24, 2.45) is 5.92 Å². The molecule has 3 aromatic rings. The number of rotatable bonds is 2. The molecule has 5 nitrogen and oxygen atoms in total. The number of hydrogen-bond acceptors (Lipinski definition) is 5. The second-order valence-corrected chi connectivity index (χ2v) is 9.00. The van der Waals surface area contributed by atoms with Crippen LogP contribution in [0.25, 0.3) is 21.0 Å². The van der Waals surface area contributed by atoms with E-state index in [4.69, 9.17) is 0 Å². The van der Waals surface area contributed by atoms with Gasteiger partial charge in [-0.15, -0.1) is 0 Å². The molecule has 1 aromatic heterocycles. The third-order valence-corrected chi connectivity index (χ3v) is 6.82. The number of carbonyl (C=O) groups excluding carboxylic acids is 1. The highest BCUT2D eigenvalue weighted by molar-refractivity contribution is 7.91. The lowest BCUT2D eigenvalue weighted by atomic mass is 10.1. The largest absolute Gasteiger partial charge is 0.302 e. The predicted octanol–water partition coefficient (Wildman–Crippen LogP) is 2.82. The molecule has 7 heteroatoms.